The van der Waals surface area contributed by atoms with E-state index in [4.69, 9.17) is 0 Å². The van der Waals surface area contributed by atoms with Crippen LogP contribution >= 0.6 is 0 Å². The van der Waals surface area contributed by atoms with Crippen LogP contribution in [0, 0.1) is 0 Å². The molecule has 0 aliphatic carbocycles. The van der Waals surface area contributed by atoms with Crippen LogP contribution in [0.1, 0.15) is 20.3 Å². The summed E-state index contributed by atoms with van der Waals surface area (Å²) in [5, 5.41) is 12.1. The molecule has 1 aliphatic heterocycles. The second-order valence-electron chi connectivity index (χ2n) is 3.88. The molecule has 0 fully saturated rings. The highest BCUT2D eigenvalue weighted by atomic mass is 19.4. The molecule has 0 amide bonds. The highest BCUT2D eigenvalue weighted by Crippen LogP contribution is 2.25. The summed E-state index contributed by atoms with van der Waals surface area (Å²) in [7, 11) is 0. The molecular weight excluding hydrogens is 221 g/mol. The van der Waals surface area contributed by atoms with Crippen molar-refractivity contribution in [3.63, 3.8) is 0 Å². The molecule has 0 aromatic carbocycles. The van der Waals surface area contributed by atoms with Gasteiger partial charge in [-0.2, -0.15) is 13.2 Å². The van der Waals surface area contributed by atoms with E-state index in [9.17, 15) is 18.3 Å². The van der Waals surface area contributed by atoms with E-state index in [1.54, 1.807) is 6.92 Å². The summed E-state index contributed by atoms with van der Waals surface area (Å²) in [6, 6.07) is 0. The van der Waals surface area contributed by atoms with Crippen LogP contribution < -0.4 is 5.32 Å². The molecule has 0 saturated heterocycles. The number of hydrogen-bond donors (Lipinski definition) is 2. The standard InChI is InChI=1S/C10H15F3N2O/c1-3-9(2,16)7-6-8(10(11,12)13)15-5-4-14-7/h6,15-16H,3-5H2,1-2H3. The third kappa shape index (κ3) is 2.98. The smallest absolute Gasteiger partial charge is 0.384 e. The van der Waals surface area contributed by atoms with Crippen molar-refractivity contribution in [2.24, 2.45) is 4.99 Å². The van der Waals surface area contributed by atoms with Crippen LogP contribution in [-0.4, -0.2) is 35.7 Å². The van der Waals surface area contributed by atoms with Crippen LogP contribution in [0.4, 0.5) is 13.2 Å². The van der Waals surface area contributed by atoms with E-state index in [1.807, 2.05) is 0 Å². The van der Waals surface area contributed by atoms with Gasteiger partial charge in [-0.25, -0.2) is 0 Å². The minimum atomic E-state index is -4.44. The largest absolute Gasteiger partial charge is 0.430 e. The van der Waals surface area contributed by atoms with Crippen molar-refractivity contribution in [1.29, 1.82) is 0 Å². The lowest BCUT2D eigenvalue weighted by atomic mass is 9.96. The van der Waals surface area contributed by atoms with Crippen molar-refractivity contribution < 1.29 is 18.3 Å². The summed E-state index contributed by atoms with van der Waals surface area (Å²) in [4.78, 5) is 3.96. The quantitative estimate of drug-likeness (QED) is 0.765. The van der Waals surface area contributed by atoms with E-state index in [0.29, 0.717) is 6.42 Å². The second kappa shape index (κ2) is 4.45. The van der Waals surface area contributed by atoms with Crippen molar-refractivity contribution in [1.82, 2.24) is 5.32 Å². The number of alkyl halides is 3. The zero-order chi connectivity index (χ0) is 12.4. The molecule has 92 valence electrons. The van der Waals surface area contributed by atoms with Gasteiger partial charge in [0.2, 0.25) is 0 Å². The summed E-state index contributed by atoms with van der Waals surface area (Å²) in [5.41, 5.74) is -2.09. The van der Waals surface area contributed by atoms with Gasteiger partial charge in [-0.15, -0.1) is 0 Å². The predicted molar refractivity (Wildman–Crippen MR) is 55.4 cm³/mol. The molecule has 1 unspecified atom stereocenters. The van der Waals surface area contributed by atoms with Gasteiger partial charge in [0.15, 0.2) is 0 Å². The molecule has 2 N–H and O–H groups in total. The molecule has 1 rings (SSSR count). The van der Waals surface area contributed by atoms with Crippen LogP contribution in [0.25, 0.3) is 0 Å². The number of nitrogens with zero attached hydrogens (tertiary/aromatic N) is 1. The normalized spacial score (nSPS) is 21.4. The van der Waals surface area contributed by atoms with Gasteiger partial charge >= 0.3 is 6.18 Å². The summed E-state index contributed by atoms with van der Waals surface area (Å²) in [6.45, 7) is 3.50. The van der Waals surface area contributed by atoms with Crippen LogP contribution in [0.15, 0.2) is 16.8 Å². The third-order valence-corrected chi connectivity index (χ3v) is 2.54. The molecular formula is C10H15F3N2O. The summed E-state index contributed by atoms with van der Waals surface area (Å²) in [5.74, 6) is 0. The monoisotopic (exact) mass is 236 g/mol. The Morgan fingerprint density at radius 1 is 1.50 bits per heavy atom. The topological polar surface area (TPSA) is 44.6 Å². The molecule has 0 aromatic heterocycles. The first kappa shape index (κ1) is 13.0. The van der Waals surface area contributed by atoms with E-state index >= 15 is 0 Å². The van der Waals surface area contributed by atoms with E-state index in [0.717, 1.165) is 6.08 Å². The second-order valence-corrected chi connectivity index (χ2v) is 3.88. The fourth-order valence-electron chi connectivity index (χ4n) is 1.29. The minimum absolute atomic E-state index is 0.0762. The highest BCUT2D eigenvalue weighted by molar-refractivity contribution is 6.02. The Bertz CT molecular complexity index is 319. The Hall–Kier alpha value is -1.04. The number of aliphatic hydroxyl groups is 1. The molecule has 1 aliphatic rings. The van der Waals surface area contributed by atoms with Crippen LogP contribution in [0.5, 0.6) is 0 Å². The van der Waals surface area contributed by atoms with E-state index < -0.39 is 17.5 Å². The lowest BCUT2D eigenvalue weighted by Crippen LogP contribution is -2.34. The number of hydrogen-bond acceptors (Lipinski definition) is 3. The Labute approximate surface area is 92.1 Å². The maximum atomic E-state index is 12.5. The fraction of sp³-hybridized carbons (Fsp3) is 0.700. The molecule has 0 aromatic rings. The average Bonchev–Trinajstić information content (AvgIpc) is 2.42. The predicted octanol–water partition coefficient (Wildman–Crippen LogP) is 1.64. The lowest BCUT2D eigenvalue weighted by Gasteiger charge is -2.22. The van der Waals surface area contributed by atoms with Crippen molar-refractivity contribution in [3.05, 3.63) is 11.8 Å². The molecule has 6 heteroatoms. The molecule has 16 heavy (non-hydrogen) atoms. The Morgan fingerprint density at radius 2 is 2.12 bits per heavy atom. The zero-order valence-corrected chi connectivity index (χ0v) is 9.23. The van der Waals surface area contributed by atoms with Crippen molar-refractivity contribution in [3.8, 4) is 0 Å². The molecule has 0 saturated carbocycles. The lowest BCUT2D eigenvalue weighted by molar-refractivity contribution is -0.0964. The van der Waals surface area contributed by atoms with Crippen molar-refractivity contribution in [2.45, 2.75) is 32.0 Å². The zero-order valence-electron chi connectivity index (χ0n) is 9.23. The summed E-state index contributed by atoms with van der Waals surface area (Å²) < 4.78 is 37.6. The van der Waals surface area contributed by atoms with Gasteiger partial charge in [0.05, 0.1) is 12.3 Å². The van der Waals surface area contributed by atoms with Crippen LogP contribution in [-0.2, 0) is 0 Å². The number of rotatable bonds is 2. The van der Waals surface area contributed by atoms with Crippen LogP contribution in [0.2, 0.25) is 0 Å². The highest BCUT2D eigenvalue weighted by Gasteiger charge is 2.36. The Balaban J connectivity index is 3.04. The first-order chi connectivity index (χ1) is 7.27. The molecule has 3 nitrogen and oxygen atoms in total. The molecule has 0 bridgehead atoms. The van der Waals surface area contributed by atoms with Crippen LogP contribution in [0.3, 0.4) is 0 Å². The number of nitrogens with one attached hydrogen (secondary N) is 1. The van der Waals surface area contributed by atoms with Crippen molar-refractivity contribution >= 4 is 5.71 Å². The van der Waals surface area contributed by atoms with Crippen molar-refractivity contribution in [2.75, 3.05) is 13.1 Å². The summed E-state index contributed by atoms with van der Waals surface area (Å²) in [6.07, 6.45) is -3.24. The van der Waals surface area contributed by atoms with Gasteiger partial charge in [-0.1, -0.05) is 6.92 Å². The van der Waals surface area contributed by atoms with Gasteiger partial charge in [0.25, 0.3) is 0 Å². The molecule has 1 atom stereocenters. The fourth-order valence-corrected chi connectivity index (χ4v) is 1.29. The third-order valence-electron chi connectivity index (χ3n) is 2.54. The van der Waals surface area contributed by atoms with E-state index in [1.165, 1.54) is 6.92 Å². The van der Waals surface area contributed by atoms with Gasteiger partial charge < -0.3 is 10.4 Å². The van der Waals surface area contributed by atoms with E-state index in [2.05, 4.69) is 10.3 Å². The number of halogens is 3. The van der Waals surface area contributed by atoms with E-state index in [-0.39, 0.29) is 18.8 Å². The first-order valence-corrected chi connectivity index (χ1v) is 5.07. The Morgan fingerprint density at radius 3 is 2.62 bits per heavy atom. The maximum Gasteiger partial charge on any atom is 0.430 e. The average molecular weight is 236 g/mol. The number of aliphatic imine (C=N–C) groups is 1. The molecule has 0 radical (unpaired) electrons. The summed E-state index contributed by atoms with van der Waals surface area (Å²) >= 11 is 0. The minimum Gasteiger partial charge on any atom is -0.384 e. The van der Waals surface area contributed by atoms with Gasteiger partial charge in [-0.3, -0.25) is 4.99 Å². The Kier molecular flexibility index (Phi) is 3.62. The van der Waals surface area contributed by atoms with Gasteiger partial charge in [-0.05, 0) is 19.4 Å². The maximum absolute atomic E-state index is 12.5. The van der Waals surface area contributed by atoms with Gasteiger partial charge in [0, 0.05) is 6.54 Å². The number of allylic oxidation sites excluding steroid dienone is 1. The molecule has 1 heterocycles. The first-order valence-electron chi connectivity index (χ1n) is 5.07. The van der Waals surface area contributed by atoms with Gasteiger partial charge in [0.1, 0.15) is 11.3 Å². The SMILES string of the molecule is CCC(C)(O)C1=NCCNC(C(F)(F)F)=C1. The molecule has 0 spiro atoms.